The quantitative estimate of drug-likeness (QED) is 0.476. The van der Waals surface area contributed by atoms with Crippen LogP contribution in [0.5, 0.6) is 11.5 Å². The fraction of sp³-hybridized carbons (Fsp3) is 0.115. The number of aliphatic imine (C=N–C) groups is 1. The molecule has 3 aromatic carbocycles. The minimum atomic E-state index is -0.271. The van der Waals surface area contributed by atoms with Crippen LogP contribution in [0.1, 0.15) is 11.1 Å². The van der Waals surface area contributed by atoms with Gasteiger partial charge in [0, 0.05) is 5.69 Å². The molecular weight excluding hydrogens is 450 g/mol. The van der Waals surface area contributed by atoms with Gasteiger partial charge in [-0.1, -0.05) is 42.5 Å². The summed E-state index contributed by atoms with van der Waals surface area (Å²) < 4.78 is 11.1. The van der Waals surface area contributed by atoms with Crippen LogP contribution in [0.3, 0.4) is 0 Å². The van der Waals surface area contributed by atoms with Crippen molar-refractivity contribution in [2.45, 2.75) is 6.92 Å². The smallest absolute Gasteiger partial charge is 0.264 e. The Morgan fingerprint density at radius 1 is 1.06 bits per heavy atom. The summed E-state index contributed by atoms with van der Waals surface area (Å²) in [6.07, 6.45) is 1.75. The van der Waals surface area contributed by atoms with E-state index in [0.717, 1.165) is 22.5 Å². The highest BCUT2D eigenvalue weighted by atomic mass is 32.2. The molecule has 0 saturated carbocycles. The van der Waals surface area contributed by atoms with E-state index in [1.54, 1.807) is 24.3 Å². The zero-order valence-corrected chi connectivity index (χ0v) is 19.5. The van der Waals surface area contributed by atoms with Gasteiger partial charge in [0.15, 0.2) is 23.3 Å². The van der Waals surface area contributed by atoms with Gasteiger partial charge in [-0.25, -0.2) is 4.99 Å². The predicted octanol–water partition coefficient (Wildman–Crippen LogP) is 4.91. The first-order valence-corrected chi connectivity index (χ1v) is 11.3. The molecule has 4 rings (SSSR count). The van der Waals surface area contributed by atoms with Gasteiger partial charge in [0.05, 0.1) is 17.7 Å². The van der Waals surface area contributed by atoms with E-state index >= 15 is 0 Å². The number of nitrogens with one attached hydrogen (secondary N) is 2. The fourth-order valence-electron chi connectivity index (χ4n) is 3.19. The Hall–Kier alpha value is -4.04. The van der Waals surface area contributed by atoms with E-state index in [2.05, 4.69) is 15.6 Å². The Labute approximate surface area is 201 Å². The number of carbonyl (C=O) groups is 2. The Kier molecular flexibility index (Phi) is 7.29. The maximum Gasteiger partial charge on any atom is 0.264 e. The average molecular weight is 474 g/mol. The number of para-hydroxylation sites is 2. The minimum absolute atomic E-state index is 0.164. The number of amidine groups is 1. The second-order valence-electron chi connectivity index (χ2n) is 7.38. The summed E-state index contributed by atoms with van der Waals surface area (Å²) in [5.74, 6) is 0.401. The number of nitrogens with zero attached hydrogens (tertiary/aromatic N) is 1. The third-order valence-electron chi connectivity index (χ3n) is 4.90. The molecule has 2 amide bonds. The molecule has 0 unspecified atom stereocenters. The molecule has 3 aromatic rings. The lowest BCUT2D eigenvalue weighted by Crippen LogP contribution is -2.20. The second-order valence-corrected chi connectivity index (χ2v) is 8.41. The molecule has 2 N–H and O–H groups in total. The molecule has 0 radical (unpaired) electrons. The van der Waals surface area contributed by atoms with Gasteiger partial charge in [-0.15, -0.1) is 0 Å². The summed E-state index contributed by atoms with van der Waals surface area (Å²) in [5.41, 5.74) is 3.23. The SMILES string of the molecule is COc1cc(/C=C2/SC(=Nc3ccccc3)NC2=O)ccc1OCC(=O)Nc1ccccc1C. The van der Waals surface area contributed by atoms with Crippen molar-refractivity contribution in [3.05, 3.63) is 88.8 Å². The van der Waals surface area contributed by atoms with Gasteiger partial charge >= 0.3 is 0 Å². The number of aryl methyl sites for hydroxylation is 1. The Morgan fingerprint density at radius 2 is 1.82 bits per heavy atom. The second kappa shape index (κ2) is 10.7. The molecule has 0 atom stereocenters. The largest absolute Gasteiger partial charge is 0.493 e. The van der Waals surface area contributed by atoms with Crippen molar-refractivity contribution >= 4 is 46.2 Å². The highest BCUT2D eigenvalue weighted by molar-refractivity contribution is 8.18. The van der Waals surface area contributed by atoms with E-state index in [1.165, 1.54) is 18.9 Å². The first-order valence-electron chi connectivity index (χ1n) is 10.5. The highest BCUT2D eigenvalue weighted by Gasteiger charge is 2.24. The number of methoxy groups -OCH3 is 1. The topological polar surface area (TPSA) is 89.0 Å². The van der Waals surface area contributed by atoms with Gasteiger partial charge in [-0.2, -0.15) is 0 Å². The molecular formula is C26H23N3O4S. The standard InChI is InChI=1S/C26H23N3O4S/c1-17-8-6-7-11-20(17)28-24(30)16-33-21-13-12-18(14-22(21)32-2)15-23-25(31)29-26(34-23)27-19-9-4-3-5-10-19/h3-15H,16H2,1-2H3,(H,28,30)(H,27,29,31)/b23-15+. The van der Waals surface area contributed by atoms with E-state index in [-0.39, 0.29) is 18.4 Å². The first-order chi connectivity index (χ1) is 16.5. The third kappa shape index (κ3) is 5.85. The molecule has 1 heterocycles. The molecule has 172 valence electrons. The molecule has 0 spiro atoms. The molecule has 1 aliphatic heterocycles. The zero-order valence-electron chi connectivity index (χ0n) is 18.7. The Balaban J connectivity index is 1.42. The van der Waals surface area contributed by atoms with Crippen LogP contribution in [0.15, 0.2) is 82.7 Å². The van der Waals surface area contributed by atoms with Gasteiger partial charge in [0.2, 0.25) is 0 Å². The van der Waals surface area contributed by atoms with Crippen LogP contribution in [0.25, 0.3) is 6.08 Å². The van der Waals surface area contributed by atoms with E-state index in [1.807, 2.05) is 61.5 Å². The summed E-state index contributed by atoms with van der Waals surface area (Å²) in [7, 11) is 1.52. The van der Waals surface area contributed by atoms with Crippen LogP contribution in [-0.4, -0.2) is 30.7 Å². The molecule has 7 nitrogen and oxygen atoms in total. The maximum atomic E-state index is 12.4. The molecule has 0 aliphatic carbocycles. The highest BCUT2D eigenvalue weighted by Crippen LogP contribution is 2.32. The summed E-state index contributed by atoms with van der Waals surface area (Å²) in [4.78, 5) is 29.6. The van der Waals surface area contributed by atoms with Crippen LogP contribution < -0.4 is 20.1 Å². The minimum Gasteiger partial charge on any atom is -0.493 e. The van der Waals surface area contributed by atoms with Crippen molar-refractivity contribution in [3.8, 4) is 11.5 Å². The summed E-state index contributed by atoms with van der Waals surface area (Å²) in [6, 6.07) is 22.2. The lowest BCUT2D eigenvalue weighted by atomic mass is 10.2. The van der Waals surface area contributed by atoms with Crippen molar-refractivity contribution in [3.63, 3.8) is 0 Å². The van der Waals surface area contributed by atoms with Crippen molar-refractivity contribution in [2.75, 3.05) is 19.0 Å². The number of thioether (sulfide) groups is 1. The Bertz CT molecular complexity index is 1270. The number of hydrogen-bond donors (Lipinski definition) is 2. The van der Waals surface area contributed by atoms with Gasteiger partial charge in [0.25, 0.3) is 11.8 Å². The van der Waals surface area contributed by atoms with Gasteiger partial charge in [-0.3, -0.25) is 9.59 Å². The van der Waals surface area contributed by atoms with Crippen molar-refractivity contribution in [1.82, 2.24) is 5.32 Å². The predicted molar refractivity (Wildman–Crippen MR) is 136 cm³/mol. The number of benzene rings is 3. The van der Waals surface area contributed by atoms with E-state index < -0.39 is 0 Å². The number of rotatable bonds is 7. The lowest BCUT2D eigenvalue weighted by Gasteiger charge is -2.12. The molecule has 1 aliphatic rings. The molecule has 0 bridgehead atoms. The van der Waals surface area contributed by atoms with E-state index in [0.29, 0.717) is 21.6 Å². The number of hydrogen-bond acceptors (Lipinski definition) is 6. The Morgan fingerprint density at radius 3 is 2.59 bits per heavy atom. The zero-order chi connectivity index (χ0) is 23.9. The van der Waals surface area contributed by atoms with Crippen LogP contribution in [0.4, 0.5) is 11.4 Å². The number of anilines is 1. The van der Waals surface area contributed by atoms with Crippen LogP contribution in [-0.2, 0) is 9.59 Å². The van der Waals surface area contributed by atoms with Crippen LogP contribution >= 0.6 is 11.8 Å². The van der Waals surface area contributed by atoms with Crippen molar-refractivity contribution < 1.29 is 19.1 Å². The summed E-state index contributed by atoms with van der Waals surface area (Å²) in [6.45, 7) is 1.76. The van der Waals surface area contributed by atoms with Crippen LogP contribution in [0, 0.1) is 6.92 Å². The maximum absolute atomic E-state index is 12.4. The fourth-order valence-corrected chi connectivity index (χ4v) is 4.03. The average Bonchev–Trinajstić information content (AvgIpc) is 3.18. The molecule has 1 fully saturated rings. The van der Waals surface area contributed by atoms with Gasteiger partial charge < -0.3 is 20.1 Å². The van der Waals surface area contributed by atoms with Crippen molar-refractivity contribution in [2.24, 2.45) is 4.99 Å². The number of ether oxygens (including phenoxy) is 2. The first kappa shape index (κ1) is 23.1. The van der Waals surface area contributed by atoms with Crippen LogP contribution in [0.2, 0.25) is 0 Å². The summed E-state index contributed by atoms with van der Waals surface area (Å²) >= 11 is 1.27. The molecule has 1 saturated heterocycles. The third-order valence-corrected chi connectivity index (χ3v) is 5.81. The van der Waals surface area contributed by atoms with Crippen molar-refractivity contribution in [1.29, 1.82) is 0 Å². The molecule has 8 heteroatoms. The lowest BCUT2D eigenvalue weighted by molar-refractivity contribution is -0.118. The monoisotopic (exact) mass is 473 g/mol. The van der Waals surface area contributed by atoms with E-state index in [4.69, 9.17) is 9.47 Å². The van der Waals surface area contributed by atoms with E-state index in [9.17, 15) is 9.59 Å². The normalized spacial score (nSPS) is 15.3. The molecule has 0 aromatic heterocycles. The number of carbonyl (C=O) groups excluding carboxylic acids is 2. The van der Waals surface area contributed by atoms with Gasteiger partial charge in [-0.05, 0) is 66.2 Å². The summed E-state index contributed by atoms with van der Waals surface area (Å²) in [5, 5.41) is 6.13. The molecule has 34 heavy (non-hydrogen) atoms. The van der Waals surface area contributed by atoms with Gasteiger partial charge in [0.1, 0.15) is 0 Å². The number of amides is 2.